The van der Waals surface area contributed by atoms with E-state index in [0.29, 0.717) is 0 Å². The summed E-state index contributed by atoms with van der Waals surface area (Å²) in [5.41, 5.74) is 1.23. The normalized spacial score (nSPS) is 11.5. The van der Waals surface area contributed by atoms with Crippen molar-refractivity contribution in [1.29, 1.82) is 0 Å². The molecule has 3 nitrogen and oxygen atoms in total. The van der Waals surface area contributed by atoms with Gasteiger partial charge in [0.2, 0.25) is 0 Å². The van der Waals surface area contributed by atoms with E-state index in [4.69, 9.17) is 4.74 Å². The van der Waals surface area contributed by atoms with Crippen molar-refractivity contribution in [2.24, 2.45) is 0 Å². The minimum Gasteiger partial charge on any atom is -0.497 e. The second-order valence-corrected chi connectivity index (χ2v) is 4.18. The predicted molar refractivity (Wildman–Crippen MR) is 78.3 cm³/mol. The highest BCUT2D eigenvalue weighted by Gasteiger charge is 2.02. The van der Waals surface area contributed by atoms with E-state index in [0.717, 1.165) is 31.7 Å². The topological polar surface area (TPSA) is 29.5 Å². The first-order valence-corrected chi connectivity index (χ1v) is 6.37. The third-order valence-electron chi connectivity index (χ3n) is 2.74. The molecule has 19 heavy (non-hydrogen) atoms. The van der Waals surface area contributed by atoms with E-state index in [2.05, 4.69) is 23.1 Å². The molecule has 1 aromatic carbocycles. The van der Waals surface area contributed by atoms with Gasteiger partial charge in [-0.3, -0.25) is 9.69 Å². The smallest absolute Gasteiger partial charge is 0.142 e. The Kier molecular flexibility index (Phi) is 7.28. The monoisotopic (exact) mass is 259 g/mol. The summed E-state index contributed by atoms with van der Waals surface area (Å²) in [5.74, 6) is 0.865. The predicted octanol–water partition coefficient (Wildman–Crippen LogP) is 2.83. The molecule has 0 aliphatic rings. The molecule has 0 saturated carbocycles. The Morgan fingerprint density at radius 2 is 1.84 bits per heavy atom. The van der Waals surface area contributed by atoms with Gasteiger partial charge in [0.25, 0.3) is 0 Å². The van der Waals surface area contributed by atoms with Gasteiger partial charge in [-0.15, -0.1) is 0 Å². The molecule has 0 atom stereocenters. The highest BCUT2D eigenvalue weighted by atomic mass is 16.5. The molecule has 0 aliphatic carbocycles. The van der Waals surface area contributed by atoms with Crippen molar-refractivity contribution in [3.63, 3.8) is 0 Å². The van der Waals surface area contributed by atoms with Crippen LogP contribution >= 0.6 is 0 Å². The fourth-order valence-corrected chi connectivity index (χ4v) is 1.71. The molecule has 0 spiro atoms. The van der Waals surface area contributed by atoms with Crippen molar-refractivity contribution < 1.29 is 9.53 Å². The van der Waals surface area contributed by atoms with Crippen LogP contribution in [0.3, 0.4) is 0 Å². The molecule has 0 unspecified atom stereocenters. The number of methoxy groups -OCH3 is 1. The Hall–Kier alpha value is -1.87. The lowest BCUT2D eigenvalue weighted by Crippen LogP contribution is -2.23. The third kappa shape index (κ3) is 6.02. The highest BCUT2D eigenvalue weighted by molar-refractivity contribution is 5.64. The average Bonchev–Trinajstić information content (AvgIpc) is 2.45. The van der Waals surface area contributed by atoms with Crippen LogP contribution in [-0.4, -0.2) is 31.4 Å². The van der Waals surface area contributed by atoms with Gasteiger partial charge in [0.15, 0.2) is 0 Å². The van der Waals surface area contributed by atoms with Gasteiger partial charge in [-0.2, -0.15) is 0 Å². The Labute approximate surface area is 115 Å². The summed E-state index contributed by atoms with van der Waals surface area (Å²) in [6.07, 6.45) is 8.36. The number of allylic oxidation sites excluding steroid dienone is 2. The molecular weight excluding hydrogens is 238 g/mol. The van der Waals surface area contributed by atoms with Crippen LogP contribution in [0.25, 0.3) is 0 Å². The van der Waals surface area contributed by atoms with E-state index in [1.165, 1.54) is 11.6 Å². The molecule has 0 amide bonds. The van der Waals surface area contributed by atoms with Gasteiger partial charge in [0, 0.05) is 19.6 Å². The summed E-state index contributed by atoms with van der Waals surface area (Å²) in [7, 11) is 1.66. The lowest BCUT2D eigenvalue weighted by atomic mass is 10.2. The summed E-state index contributed by atoms with van der Waals surface area (Å²) in [5, 5.41) is 0. The lowest BCUT2D eigenvalue weighted by Gasteiger charge is -2.19. The fraction of sp³-hybridized carbons (Fsp3) is 0.312. The zero-order chi connectivity index (χ0) is 13.9. The number of hydrogen-bond donors (Lipinski definition) is 0. The molecule has 1 rings (SSSR count). The maximum Gasteiger partial charge on any atom is 0.142 e. The van der Waals surface area contributed by atoms with E-state index in [1.807, 2.05) is 31.2 Å². The van der Waals surface area contributed by atoms with Gasteiger partial charge in [-0.1, -0.05) is 30.4 Å². The first kappa shape index (κ1) is 15.2. The Morgan fingerprint density at radius 1 is 1.16 bits per heavy atom. The molecule has 0 aliphatic heterocycles. The molecule has 0 bridgehead atoms. The molecule has 0 N–H and O–H groups in total. The van der Waals surface area contributed by atoms with Crippen molar-refractivity contribution in [1.82, 2.24) is 4.90 Å². The van der Waals surface area contributed by atoms with Crippen molar-refractivity contribution in [2.45, 2.75) is 13.5 Å². The van der Waals surface area contributed by atoms with E-state index in [9.17, 15) is 4.79 Å². The summed E-state index contributed by atoms with van der Waals surface area (Å²) in [6.45, 7) is 4.48. The third-order valence-corrected chi connectivity index (χ3v) is 2.74. The van der Waals surface area contributed by atoms with Gasteiger partial charge in [-0.25, -0.2) is 0 Å². The maximum atomic E-state index is 10.3. The number of hydrogen-bond acceptors (Lipinski definition) is 3. The van der Waals surface area contributed by atoms with E-state index in [-0.39, 0.29) is 0 Å². The van der Waals surface area contributed by atoms with Gasteiger partial charge in [0.05, 0.1) is 7.11 Å². The second-order valence-electron chi connectivity index (χ2n) is 4.18. The van der Waals surface area contributed by atoms with Crippen molar-refractivity contribution in [3.05, 3.63) is 54.1 Å². The lowest BCUT2D eigenvalue weighted by molar-refractivity contribution is -0.104. The van der Waals surface area contributed by atoms with Crippen LogP contribution in [0, 0.1) is 0 Å². The number of ether oxygens (including phenoxy) is 1. The second kappa shape index (κ2) is 9.11. The first-order chi connectivity index (χ1) is 9.30. The maximum absolute atomic E-state index is 10.3. The van der Waals surface area contributed by atoms with Gasteiger partial charge < -0.3 is 4.74 Å². The Morgan fingerprint density at radius 3 is 2.42 bits per heavy atom. The van der Waals surface area contributed by atoms with Crippen LogP contribution in [-0.2, 0) is 11.3 Å². The van der Waals surface area contributed by atoms with Crippen LogP contribution in [0.1, 0.15) is 12.5 Å². The molecule has 0 aromatic heterocycles. The number of carbonyl (C=O) groups is 1. The van der Waals surface area contributed by atoms with Crippen molar-refractivity contribution in [3.8, 4) is 5.75 Å². The Bertz CT molecular complexity index is 421. The molecule has 3 heteroatoms. The summed E-state index contributed by atoms with van der Waals surface area (Å²) < 4.78 is 5.14. The first-order valence-electron chi connectivity index (χ1n) is 6.37. The fourth-order valence-electron chi connectivity index (χ4n) is 1.71. The number of nitrogens with zero attached hydrogens (tertiary/aromatic N) is 1. The minimum atomic E-state index is 0.759. The molecule has 0 fully saturated rings. The highest BCUT2D eigenvalue weighted by Crippen LogP contribution is 2.13. The van der Waals surface area contributed by atoms with E-state index in [1.54, 1.807) is 7.11 Å². The van der Waals surface area contributed by atoms with Gasteiger partial charge in [0.1, 0.15) is 12.0 Å². The van der Waals surface area contributed by atoms with E-state index < -0.39 is 0 Å². The number of rotatable bonds is 8. The largest absolute Gasteiger partial charge is 0.497 e. The summed E-state index contributed by atoms with van der Waals surface area (Å²) >= 11 is 0. The molecule has 0 heterocycles. The van der Waals surface area contributed by atoms with Crippen molar-refractivity contribution in [2.75, 3.05) is 20.2 Å². The number of benzene rings is 1. The standard InChI is InChI=1S/C16H21NO2/c1-3-4-11-17(12-5-6-13-18)14-15-7-9-16(19-2)10-8-15/h3-10,13H,11-12,14H2,1-2H3/b4-3+,6-5+. The number of carbonyl (C=O) groups excluding carboxylic acids is 1. The quantitative estimate of drug-likeness (QED) is 0.408. The van der Waals surface area contributed by atoms with Crippen LogP contribution in [0.5, 0.6) is 5.75 Å². The van der Waals surface area contributed by atoms with Crippen LogP contribution in [0.2, 0.25) is 0 Å². The molecule has 0 radical (unpaired) electrons. The van der Waals surface area contributed by atoms with Crippen LogP contribution in [0.4, 0.5) is 0 Å². The zero-order valence-corrected chi connectivity index (χ0v) is 11.6. The van der Waals surface area contributed by atoms with Crippen LogP contribution in [0.15, 0.2) is 48.6 Å². The average molecular weight is 259 g/mol. The molecule has 1 aromatic rings. The Balaban J connectivity index is 2.63. The molecular formula is C16H21NO2. The van der Waals surface area contributed by atoms with Gasteiger partial charge in [-0.05, 0) is 30.7 Å². The summed E-state index contributed by atoms with van der Waals surface area (Å²) in [4.78, 5) is 12.5. The zero-order valence-electron chi connectivity index (χ0n) is 11.6. The summed E-state index contributed by atoms with van der Waals surface area (Å²) in [6, 6.07) is 8.05. The molecule has 0 saturated heterocycles. The number of aldehydes is 1. The van der Waals surface area contributed by atoms with Crippen LogP contribution < -0.4 is 4.74 Å². The minimum absolute atomic E-state index is 0.759. The van der Waals surface area contributed by atoms with E-state index >= 15 is 0 Å². The molecule has 102 valence electrons. The van der Waals surface area contributed by atoms with Crippen molar-refractivity contribution >= 4 is 6.29 Å². The van der Waals surface area contributed by atoms with Gasteiger partial charge >= 0.3 is 0 Å². The SMILES string of the molecule is C/C=C/CN(C/C=C/C=O)Cc1ccc(OC)cc1.